The highest BCUT2D eigenvalue weighted by Crippen LogP contribution is 2.39. The molecule has 6 heteroatoms. The zero-order valence-electron chi connectivity index (χ0n) is 12.0. The topological polar surface area (TPSA) is 46.6 Å². The monoisotopic (exact) mass is 313 g/mol. The van der Waals surface area contributed by atoms with Gasteiger partial charge in [0.05, 0.1) is 11.9 Å². The van der Waals surface area contributed by atoms with Crippen LogP contribution in [0.25, 0.3) is 0 Å². The molecule has 2 unspecified atom stereocenters. The Morgan fingerprint density at radius 1 is 1.19 bits per heavy atom. The number of piperidine rings is 1. The van der Waals surface area contributed by atoms with Gasteiger partial charge in [-0.25, -0.2) is 12.8 Å². The first-order valence-electron chi connectivity index (χ1n) is 7.28. The third kappa shape index (κ3) is 2.98. The molecule has 0 spiro atoms. The highest BCUT2D eigenvalue weighted by molar-refractivity contribution is 7.88. The third-order valence-corrected chi connectivity index (χ3v) is 6.48. The molecule has 0 aliphatic carbocycles. The number of hydrogen-bond acceptors (Lipinski definition) is 3. The summed E-state index contributed by atoms with van der Waals surface area (Å²) in [5, 5.41) is 0. The van der Waals surface area contributed by atoms with Crippen molar-refractivity contribution in [3.63, 3.8) is 0 Å². The Labute approximate surface area is 125 Å². The number of hydrogen-bond donors (Lipinski definition) is 0. The van der Waals surface area contributed by atoms with Crippen LogP contribution in [0, 0.1) is 5.82 Å². The average Bonchev–Trinajstić information content (AvgIpc) is 2.74. The zero-order valence-corrected chi connectivity index (χ0v) is 12.9. The number of benzene rings is 1. The van der Waals surface area contributed by atoms with Crippen LogP contribution in [0.5, 0.6) is 0 Å². The van der Waals surface area contributed by atoms with Gasteiger partial charge in [-0.2, -0.15) is 4.31 Å². The van der Waals surface area contributed by atoms with Gasteiger partial charge < -0.3 is 4.74 Å². The van der Waals surface area contributed by atoms with E-state index >= 15 is 0 Å². The minimum atomic E-state index is -3.36. The number of fused-ring (bicyclic) bond motifs is 2. The van der Waals surface area contributed by atoms with E-state index in [4.69, 9.17) is 4.74 Å². The van der Waals surface area contributed by atoms with E-state index in [2.05, 4.69) is 0 Å². The molecular weight excluding hydrogens is 293 g/mol. The van der Waals surface area contributed by atoms with E-state index < -0.39 is 10.0 Å². The molecule has 1 aromatic carbocycles. The van der Waals surface area contributed by atoms with Crippen molar-refractivity contribution in [2.45, 2.75) is 49.6 Å². The van der Waals surface area contributed by atoms with Gasteiger partial charge in [0.15, 0.2) is 0 Å². The summed E-state index contributed by atoms with van der Waals surface area (Å²) >= 11 is 0. The number of nitrogens with zero attached hydrogens (tertiary/aromatic N) is 1. The minimum Gasteiger partial charge on any atom is -0.381 e. The molecule has 116 valence electrons. The van der Waals surface area contributed by atoms with E-state index in [0.29, 0.717) is 5.56 Å². The molecule has 2 saturated heterocycles. The van der Waals surface area contributed by atoms with E-state index in [0.717, 1.165) is 25.7 Å². The molecule has 0 N–H and O–H groups in total. The molecule has 0 amide bonds. The normalized spacial score (nSPS) is 29.7. The molecule has 0 saturated carbocycles. The summed E-state index contributed by atoms with van der Waals surface area (Å²) in [4.78, 5) is 0. The first-order valence-corrected chi connectivity index (χ1v) is 8.89. The quantitative estimate of drug-likeness (QED) is 0.857. The molecular formula is C15H20FNO3S. The molecule has 0 radical (unpaired) electrons. The summed E-state index contributed by atoms with van der Waals surface area (Å²) in [7, 11) is -1.67. The SMILES string of the molecule is COC1CC2CCC(C1)N2S(=O)(=O)Cc1ccc(F)cc1. The first kappa shape index (κ1) is 14.9. The lowest BCUT2D eigenvalue weighted by Crippen LogP contribution is -2.48. The van der Waals surface area contributed by atoms with Crippen LogP contribution in [0.4, 0.5) is 4.39 Å². The van der Waals surface area contributed by atoms with E-state index in [-0.39, 0.29) is 29.8 Å². The maximum Gasteiger partial charge on any atom is 0.218 e. The van der Waals surface area contributed by atoms with E-state index in [1.807, 2.05) is 0 Å². The summed E-state index contributed by atoms with van der Waals surface area (Å²) in [5.41, 5.74) is 0.629. The van der Waals surface area contributed by atoms with Crippen molar-refractivity contribution in [3.05, 3.63) is 35.6 Å². The van der Waals surface area contributed by atoms with Gasteiger partial charge in [0, 0.05) is 19.2 Å². The standard InChI is InChI=1S/C15H20FNO3S/c1-20-15-8-13-6-7-14(9-15)17(13)21(18,19)10-11-2-4-12(16)5-3-11/h2-5,13-15H,6-10H2,1H3. The van der Waals surface area contributed by atoms with Gasteiger partial charge in [-0.3, -0.25) is 0 Å². The van der Waals surface area contributed by atoms with Crippen molar-refractivity contribution in [1.82, 2.24) is 4.31 Å². The maximum atomic E-state index is 12.9. The fourth-order valence-corrected chi connectivity index (χ4v) is 5.65. The molecule has 2 atom stereocenters. The Hall–Kier alpha value is -0.980. The zero-order chi connectivity index (χ0) is 15.0. The van der Waals surface area contributed by atoms with Crippen LogP contribution in [0.1, 0.15) is 31.2 Å². The van der Waals surface area contributed by atoms with Gasteiger partial charge in [-0.05, 0) is 43.4 Å². The van der Waals surface area contributed by atoms with Crippen molar-refractivity contribution in [3.8, 4) is 0 Å². The molecule has 2 aliphatic rings. The average molecular weight is 313 g/mol. The third-order valence-electron chi connectivity index (χ3n) is 4.54. The molecule has 0 aromatic heterocycles. The minimum absolute atomic E-state index is 0.0548. The fraction of sp³-hybridized carbons (Fsp3) is 0.600. The highest BCUT2D eigenvalue weighted by Gasteiger charge is 2.46. The Morgan fingerprint density at radius 2 is 1.76 bits per heavy atom. The Kier molecular flexibility index (Phi) is 4.03. The van der Waals surface area contributed by atoms with Crippen molar-refractivity contribution in [2.75, 3.05) is 7.11 Å². The van der Waals surface area contributed by atoms with Gasteiger partial charge in [-0.1, -0.05) is 12.1 Å². The van der Waals surface area contributed by atoms with Gasteiger partial charge in [0.1, 0.15) is 5.82 Å². The summed E-state index contributed by atoms with van der Waals surface area (Å²) < 4.78 is 45.4. The van der Waals surface area contributed by atoms with Gasteiger partial charge in [0.25, 0.3) is 0 Å². The van der Waals surface area contributed by atoms with E-state index in [1.165, 1.54) is 24.3 Å². The van der Waals surface area contributed by atoms with Crippen LogP contribution in [-0.2, 0) is 20.5 Å². The van der Waals surface area contributed by atoms with Gasteiger partial charge >= 0.3 is 0 Å². The van der Waals surface area contributed by atoms with Gasteiger partial charge in [0.2, 0.25) is 10.0 Å². The molecule has 4 nitrogen and oxygen atoms in total. The Balaban J connectivity index is 1.78. The second kappa shape index (κ2) is 5.66. The van der Waals surface area contributed by atoms with Crippen LogP contribution in [0.15, 0.2) is 24.3 Å². The molecule has 21 heavy (non-hydrogen) atoms. The predicted octanol–water partition coefficient (Wildman–Crippen LogP) is 2.30. The van der Waals surface area contributed by atoms with E-state index in [1.54, 1.807) is 11.4 Å². The predicted molar refractivity (Wildman–Crippen MR) is 77.7 cm³/mol. The molecule has 2 fully saturated rings. The first-order chi connectivity index (χ1) is 9.99. The highest BCUT2D eigenvalue weighted by atomic mass is 32.2. The molecule has 2 aliphatic heterocycles. The largest absolute Gasteiger partial charge is 0.381 e. The number of sulfonamides is 1. The van der Waals surface area contributed by atoms with Crippen molar-refractivity contribution in [1.29, 1.82) is 0 Å². The van der Waals surface area contributed by atoms with Crippen molar-refractivity contribution in [2.24, 2.45) is 0 Å². The van der Waals surface area contributed by atoms with Crippen molar-refractivity contribution >= 4 is 10.0 Å². The Morgan fingerprint density at radius 3 is 2.29 bits per heavy atom. The molecule has 2 bridgehead atoms. The fourth-order valence-electron chi connectivity index (χ4n) is 3.60. The Bertz CT molecular complexity index is 588. The molecule has 1 aromatic rings. The summed E-state index contributed by atoms with van der Waals surface area (Å²) in [6.45, 7) is 0. The second-order valence-corrected chi connectivity index (χ2v) is 7.80. The summed E-state index contributed by atoms with van der Waals surface area (Å²) in [6, 6.07) is 5.79. The number of ether oxygens (including phenoxy) is 1. The van der Waals surface area contributed by atoms with Crippen LogP contribution in [0.3, 0.4) is 0 Å². The second-order valence-electron chi connectivity index (χ2n) is 5.93. The van der Waals surface area contributed by atoms with Crippen LogP contribution >= 0.6 is 0 Å². The summed E-state index contributed by atoms with van der Waals surface area (Å²) in [5.74, 6) is -0.407. The number of halogens is 1. The molecule has 2 heterocycles. The van der Waals surface area contributed by atoms with Crippen LogP contribution < -0.4 is 0 Å². The van der Waals surface area contributed by atoms with Crippen LogP contribution in [0.2, 0.25) is 0 Å². The number of rotatable bonds is 4. The smallest absolute Gasteiger partial charge is 0.218 e. The lowest BCUT2D eigenvalue weighted by atomic mass is 10.0. The van der Waals surface area contributed by atoms with Crippen LogP contribution in [-0.4, -0.2) is 38.0 Å². The number of methoxy groups -OCH3 is 1. The lowest BCUT2D eigenvalue weighted by molar-refractivity contribution is 0.0349. The molecule has 3 rings (SSSR count). The van der Waals surface area contributed by atoms with Gasteiger partial charge in [-0.15, -0.1) is 0 Å². The van der Waals surface area contributed by atoms with E-state index in [9.17, 15) is 12.8 Å². The summed E-state index contributed by atoms with van der Waals surface area (Å²) in [6.07, 6.45) is 3.53. The van der Waals surface area contributed by atoms with Crippen molar-refractivity contribution < 1.29 is 17.5 Å². The maximum absolute atomic E-state index is 12.9. The lowest BCUT2D eigenvalue weighted by Gasteiger charge is -2.37.